The predicted molar refractivity (Wildman–Crippen MR) is 115 cm³/mol. The number of nitrogens with zero attached hydrogens (tertiary/aromatic N) is 2. The number of benzene rings is 1. The first-order chi connectivity index (χ1) is 12.2. The molecule has 0 saturated carbocycles. The fourth-order valence-corrected chi connectivity index (χ4v) is 4.13. The Morgan fingerprint density at radius 1 is 1.27 bits per heavy atom. The number of thioether (sulfide) groups is 1. The smallest absolute Gasteiger partial charge is 0.266 e. The number of hydrogen-bond donors (Lipinski definition) is 0. The van der Waals surface area contributed by atoms with Crippen molar-refractivity contribution < 1.29 is 9.53 Å². The van der Waals surface area contributed by atoms with Crippen LogP contribution in [0.2, 0.25) is 0 Å². The molecule has 6 heteroatoms. The van der Waals surface area contributed by atoms with Crippen molar-refractivity contribution in [2.75, 3.05) is 0 Å². The van der Waals surface area contributed by atoms with Crippen LogP contribution in [0, 0.1) is 0 Å². The minimum absolute atomic E-state index is 0.0143. The number of hydrogen-bond acceptors (Lipinski definition) is 4. The third-order valence-corrected chi connectivity index (χ3v) is 5.50. The Balaban J connectivity index is 2.29. The zero-order valence-electron chi connectivity index (χ0n) is 16.2. The van der Waals surface area contributed by atoms with Crippen LogP contribution < -0.4 is 4.74 Å². The number of halogens is 1. The highest BCUT2D eigenvalue weighted by Crippen LogP contribution is 2.35. The van der Waals surface area contributed by atoms with Crippen LogP contribution in [0.4, 0.5) is 0 Å². The Hall–Kier alpha value is -1.27. The molecule has 1 aromatic rings. The molecule has 0 unspecified atom stereocenters. The minimum Gasteiger partial charge on any atom is -0.490 e. The SMILES string of the molecule is CC[C@@H](C)Oc1ccc(/C=C2/SC(=NC(C)C)N(C(C)C)C2=O)cc1Br. The van der Waals surface area contributed by atoms with Gasteiger partial charge in [0.2, 0.25) is 0 Å². The van der Waals surface area contributed by atoms with Gasteiger partial charge in [0.15, 0.2) is 5.17 Å². The van der Waals surface area contributed by atoms with E-state index in [0.29, 0.717) is 4.91 Å². The monoisotopic (exact) mass is 438 g/mol. The van der Waals surface area contributed by atoms with Gasteiger partial charge < -0.3 is 4.74 Å². The lowest BCUT2D eigenvalue weighted by Crippen LogP contribution is -2.35. The lowest BCUT2D eigenvalue weighted by Gasteiger charge is -2.20. The molecule has 0 aromatic heterocycles. The van der Waals surface area contributed by atoms with E-state index in [1.807, 2.05) is 58.9 Å². The Morgan fingerprint density at radius 2 is 1.96 bits per heavy atom. The molecular weight excluding hydrogens is 412 g/mol. The standard InChI is InChI=1S/C20H27BrN2O2S/c1-7-14(6)25-17-9-8-15(10-16(17)21)11-18-19(24)23(13(4)5)20(26-18)22-12(2)3/h8-14H,7H2,1-6H3/b18-11+,22-20?/t14-/m1/s1. The molecule has 1 aliphatic heterocycles. The van der Waals surface area contributed by atoms with Crippen molar-refractivity contribution in [1.82, 2.24) is 4.90 Å². The van der Waals surface area contributed by atoms with E-state index in [4.69, 9.17) is 4.74 Å². The third-order valence-electron chi connectivity index (χ3n) is 3.88. The van der Waals surface area contributed by atoms with Gasteiger partial charge in [-0.05, 0) is 92.5 Å². The van der Waals surface area contributed by atoms with E-state index in [0.717, 1.165) is 27.4 Å². The number of carbonyl (C=O) groups excluding carboxylic acids is 1. The van der Waals surface area contributed by atoms with Gasteiger partial charge in [-0.15, -0.1) is 0 Å². The van der Waals surface area contributed by atoms with Crippen molar-refractivity contribution in [1.29, 1.82) is 0 Å². The number of amides is 1. The first-order valence-corrected chi connectivity index (χ1v) is 10.6. The zero-order chi connectivity index (χ0) is 19.4. The highest BCUT2D eigenvalue weighted by atomic mass is 79.9. The van der Waals surface area contributed by atoms with Crippen molar-refractivity contribution in [2.45, 2.75) is 66.2 Å². The average Bonchev–Trinajstić information content (AvgIpc) is 2.84. The first-order valence-electron chi connectivity index (χ1n) is 9.00. The van der Waals surface area contributed by atoms with E-state index in [1.54, 1.807) is 4.90 Å². The summed E-state index contributed by atoms with van der Waals surface area (Å²) < 4.78 is 6.77. The Morgan fingerprint density at radius 3 is 2.50 bits per heavy atom. The lowest BCUT2D eigenvalue weighted by molar-refractivity contribution is -0.123. The topological polar surface area (TPSA) is 41.9 Å². The molecule has 142 valence electrons. The third kappa shape index (κ3) is 5.13. The molecule has 1 aromatic carbocycles. The predicted octanol–water partition coefficient (Wildman–Crippen LogP) is 5.72. The van der Waals surface area contributed by atoms with Gasteiger partial charge >= 0.3 is 0 Å². The summed E-state index contributed by atoms with van der Waals surface area (Å²) in [7, 11) is 0. The van der Waals surface area contributed by atoms with Crippen LogP contribution in [0.1, 0.15) is 53.5 Å². The minimum atomic E-state index is 0.0143. The molecule has 1 atom stereocenters. The van der Waals surface area contributed by atoms with E-state index in [2.05, 4.69) is 27.8 Å². The van der Waals surface area contributed by atoms with Gasteiger partial charge in [0.05, 0.1) is 15.5 Å². The highest BCUT2D eigenvalue weighted by Gasteiger charge is 2.35. The van der Waals surface area contributed by atoms with Gasteiger partial charge in [0.1, 0.15) is 5.75 Å². The Bertz CT molecular complexity index is 729. The van der Waals surface area contributed by atoms with Crippen LogP contribution in [0.25, 0.3) is 6.08 Å². The van der Waals surface area contributed by atoms with Crippen molar-refractivity contribution in [3.8, 4) is 5.75 Å². The van der Waals surface area contributed by atoms with Crippen molar-refractivity contribution in [3.05, 3.63) is 33.1 Å². The van der Waals surface area contributed by atoms with Gasteiger partial charge in [-0.1, -0.05) is 13.0 Å². The fraction of sp³-hybridized carbons (Fsp3) is 0.500. The van der Waals surface area contributed by atoms with E-state index >= 15 is 0 Å². The molecule has 4 nitrogen and oxygen atoms in total. The highest BCUT2D eigenvalue weighted by molar-refractivity contribution is 9.10. The molecule has 1 amide bonds. The maximum Gasteiger partial charge on any atom is 0.266 e. The molecular formula is C20H27BrN2O2S. The molecule has 2 rings (SSSR count). The second kappa shape index (κ2) is 9.09. The second-order valence-corrected chi connectivity index (χ2v) is 8.77. The maximum atomic E-state index is 12.8. The van der Waals surface area contributed by atoms with Crippen LogP contribution >= 0.6 is 27.7 Å². The molecule has 0 bridgehead atoms. The summed E-state index contributed by atoms with van der Waals surface area (Å²) in [6.07, 6.45) is 3.03. The van der Waals surface area contributed by atoms with Crippen LogP contribution in [0.15, 0.2) is 32.6 Å². The zero-order valence-corrected chi connectivity index (χ0v) is 18.6. The normalized spacial score (nSPS) is 19.3. The quantitative estimate of drug-likeness (QED) is 0.533. The van der Waals surface area contributed by atoms with Gasteiger partial charge in [-0.25, -0.2) is 0 Å². The molecule has 0 aliphatic carbocycles. The van der Waals surface area contributed by atoms with Crippen LogP contribution in [-0.2, 0) is 4.79 Å². The number of carbonyl (C=O) groups is 1. The molecule has 1 fully saturated rings. The van der Waals surface area contributed by atoms with Gasteiger partial charge in [-0.3, -0.25) is 14.7 Å². The number of rotatable bonds is 6. The summed E-state index contributed by atoms with van der Waals surface area (Å²) in [6, 6.07) is 6.13. The number of ether oxygens (including phenoxy) is 1. The Labute approximate surface area is 169 Å². The van der Waals surface area contributed by atoms with Gasteiger partial charge in [0.25, 0.3) is 5.91 Å². The number of amidine groups is 1. The second-order valence-electron chi connectivity index (χ2n) is 6.91. The Kier molecular flexibility index (Phi) is 7.35. The molecule has 0 spiro atoms. The molecule has 1 heterocycles. The van der Waals surface area contributed by atoms with Crippen LogP contribution in [0.3, 0.4) is 0 Å². The summed E-state index contributed by atoms with van der Waals surface area (Å²) in [6.45, 7) is 12.2. The average molecular weight is 439 g/mol. The summed E-state index contributed by atoms with van der Waals surface area (Å²) in [5.74, 6) is 0.832. The maximum absolute atomic E-state index is 12.8. The van der Waals surface area contributed by atoms with E-state index in [9.17, 15) is 4.79 Å². The molecule has 0 N–H and O–H groups in total. The van der Waals surface area contributed by atoms with Crippen LogP contribution in [-0.4, -0.2) is 34.2 Å². The van der Waals surface area contributed by atoms with Crippen LogP contribution in [0.5, 0.6) is 5.75 Å². The van der Waals surface area contributed by atoms with E-state index in [1.165, 1.54) is 11.8 Å². The summed E-state index contributed by atoms with van der Waals surface area (Å²) in [5, 5.41) is 0.780. The van der Waals surface area contributed by atoms with E-state index < -0.39 is 0 Å². The lowest BCUT2D eigenvalue weighted by atomic mass is 10.2. The van der Waals surface area contributed by atoms with Gasteiger partial charge in [-0.2, -0.15) is 0 Å². The fourth-order valence-electron chi connectivity index (χ4n) is 2.41. The van der Waals surface area contributed by atoms with Gasteiger partial charge in [0, 0.05) is 12.1 Å². The molecule has 26 heavy (non-hydrogen) atoms. The molecule has 0 radical (unpaired) electrons. The first kappa shape index (κ1) is 21.0. The number of aliphatic imine (C=N–C) groups is 1. The van der Waals surface area contributed by atoms with E-state index in [-0.39, 0.29) is 24.1 Å². The summed E-state index contributed by atoms with van der Waals surface area (Å²) in [5.41, 5.74) is 0.957. The van der Waals surface area contributed by atoms with Crippen molar-refractivity contribution in [2.24, 2.45) is 4.99 Å². The van der Waals surface area contributed by atoms with Crippen molar-refractivity contribution in [3.63, 3.8) is 0 Å². The summed E-state index contributed by atoms with van der Waals surface area (Å²) >= 11 is 5.01. The molecule has 1 saturated heterocycles. The molecule has 1 aliphatic rings. The summed E-state index contributed by atoms with van der Waals surface area (Å²) in [4.78, 5) is 19.9. The largest absolute Gasteiger partial charge is 0.490 e. The van der Waals surface area contributed by atoms with Crippen molar-refractivity contribution >= 4 is 44.8 Å².